The van der Waals surface area contributed by atoms with Gasteiger partial charge in [-0.3, -0.25) is 4.79 Å². The average Bonchev–Trinajstić information content (AvgIpc) is 2.95. The molecule has 144 valence electrons. The topological polar surface area (TPSA) is 54.5 Å². The molecular formula is C18H15ClF3NO3S. The monoisotopic (exact) mass is 417 g/mol. The van der Waals surface area contributed by atoms with Crippen LogP contribution in [0.2, 0.25) is 5.02 Å². The molecule has 1 atom stereocenters. The highest BCUT2D eigenvalue weighted by atomic mass is 35.5. The van der Waals surface area contributed by atoms with E-state index in [1.807, 2.05) is 0 Å². The van der Waals surface area contributed by atoms with Crippen LogP contribution in [0.25, 0.3) is 0 Å². The molecule has 2 aromatic rings. The fraction of sp³-hybridized carbons (Fsp3) is 0.278. The molecule has 1 heterocycles. The number of halogens is 4. The van der Waals surface area contributed by atoms with E-state index in [1.165, 1.54) is 42.5 Å². The van der Waals surface area contributed by atoms with Crippen LogP contribution in [0, 0.1) is 0 Å². The number of alkyl halides is 3. The highest BCUT2D eigenvalue weighted by Crippen LogP contribution is 2.39. The van der Waals surface area contributed by atoms with Gasteiger partial charge in [-0.1, -0.05) is 23.7 Å². The molecule has 3 rings (SSSR count). The van der Waals surface area contributed by atoms with Gasteiger partial charge in [0.25, 0.3) is 5.91 Å². The lowest BCUT2D eigenvalue weighted by Gasteiger charge is -2.30. The van der Waals surface area contributed by atoms with Crippen molar-refractivity contribution in [3.63, 3.8) is 0 Å². The molecule has 0 saturated carbocycles. The minimum atomic E-state index is -4.69. The standard InChI is InChI=1S/C18H15ClF3NO3S/c19-13-7-5-12(6-8-13)17(24)23(14-9-10-27(25,26)11-14)16-4-2-1-3-15(16)18(20,21)22/h1-8,14H,9-11H2. The summed E-state index contributed by atoms with van der Waals surface area (Å²) in [7, 11) is -3.42. The maximum Gasteiger partial charge on any atom is 0.418 e. The molecule has 0 N–H and O–H groups in total. The van der Waals surface area contributed by atoms with Gasteiger partial charge in [-0.25, -0.2) is 8.42 Å². The molecule has 0 bridgehead atoms. The summed E-state index contributed by atoms with van der Waals surface area (Å²) in [5.74, 6) is -1.25. The summed E-state index contributed by atoms with van der Waals surface area (Å²) < 4.78 is 64.2. The first kappa shape index (κ1) is 19.7. The van der Waals surface area contributed by atoms with Crippen LogP contribution >= 0.6 is 11.6 Å². The Balaban J connectivity index is 2.12. The molecule has 0 aromatic heterocycles. The van der Waals surface area contributed by atoms with E-state index >= 15 is 0 Å². The van der Waals surface area contributed by atoms with Gasteiger partial charge in [0.1, 0.15) is 0 Å². The molecule has 0 radical (unpaired) electrons. The number of para-hydroxylation sites is 1. The van der Waals surface area contributed by atoms with Crippen LogP contribution in [0.5, 0.6) is 0 Å². The lowest BCUT2D eigenvalue weighted by atomic mass is 10.1. The van der Waals surface area contributed by atoms with Gasteiger partial charge in [-0.15, -0.1) is 0 Å². The summed E-state index contributed by atoms with van der Waals surface area (Å²) in [6, 6.07) is 9.50. The second-order valence-corrected chi connectivity index (χ2v) is 8.92. The van der Waals surface area contributed by atoms with Crippen molar-refractivity contribution in [3.05, 3.63) is 64.7 Å². The number of carbonyl (C=O) groups excluding carboxylic acids is 1. The van der Waals surface area contributed by atoms with E-state index in [-0.39, 0.29) is 29.2 Å². The molecule has 9 heteroatoms. The van der Waals surface area contributed by atoms with Crippen LogP contribution in [-0.2, 0) is 16.0 Å². The maximum atomic E-state index is 13.5. The van der Waals surface area contributed by atoms with Crippen molar-refractivity contribution >= 4 is 33.0 Å². The Morgan fingerprint density at radius 2 is 1.70 bits per heavy atom. The SMILES string of the molecule is O=C(c1ccc(Cl)cc1)N(c1ccccc1C(F)(F)F)C1CCS(=O)(=O)C1. The van der Waals surface area contributed by atoms with Gasteiger partial charge in [0.15, 0.2) is 9.84 Å². The molecule has 2 aromatic carbocycles. The Bertz CT molecular complexity index is 959. The number of hydrogen-bond acceptors (Lipinski definition) is 3. The molecule has 0 spiro atoms. The van der Waals surface area contributed by atoms with Crippen molar-refractivity contribution in [2.45, 2.75) is 18.6 Å². The van der Waals surface area contributed by atoms with Crippen molar-refractivity contribution in [3.8, 4) is 0 Å². The zero-order valence-corrected chi connectivity index (χ0v) is 15.5. The Kier molecular flexibility index (Phi) is 5.22. The molecule has 27 heavy (non-hydrogen) atoms. The zero-order valence-electron chi connectivity index (χ0n) is 13.9. The van der Waals surface area contributed by atoms with Crippen LogP contribution < -0.4 is 4.90 Å². The maximum absolute atomic E-state index is 13.5. The second-order valence-electron chi connectivity index (χ2n) is 6.25. The first-order valence-corrected chi connectivity index (χ1v) is 10.2. The van der Waals surface area contributed by atoms with Gasteiger partial charge in [-0.05, 0) is 42.8 Å². The van der Waals surface area contributed by atoms with Gasteiger partial charge in [0.2, 0.25) is 0 Å². The number of carbonyl (C=O) groups is 1. The number of benzene rings is 2. The van der Waals surface area contributed by atoms with E-state index < -0.39 is 33.5 Å². The minimum absolute atomic E-state index is 0.0772. The Hall–Kier alpha value is -2.06. The van der Waals surface area contributed by atoms with Crippen molar-refractivity contribution in [2.75, 3.05) is 16.4 Å². The van der Waals surface area contributed by atoms with E-state index in [9.17, 15) is 26.4 Å². The molecule has 1 aliphatic heterocycles. The van der Waals surface area contributed by atoms with Crippen LogP contribution in [0.15, 0.2) is 48.5 Å². The van der Waals surface area contributed by atoms with E-state index in [4.69, 9.17) is 11.6 Å². The number of rotatable bonds is 3. The molecule has 1 saturated heterocycles. The fourth-order valence-electron chi connectivity index (χ4n) is 3.11. The smallest absolute Gasteiger partial charge is 0.304 e. The summed E-state index contributed by atoms with van der Waals surface area (Å²) in [6.45, 7) is 0. The van der Waals surface area contributed by atoms with Crippen LogP contribution in [0.1, 0.15) is 22.3 Å². The molecule has 1 aliphatic rings. The summed E-state index contributed by atoms with van der Waals surface area (Å²) in [5, 5.41) is 0.372. The number of anilines is 1. The second kappa shape index (κ2) is 7.16. The van der Waals surface area contributed by atoms with E-state index in [1.54, 1.807) is 0 Å². The third-order valence-corrected chi connectivity index (χ3v) is 6.35. The lowest BCUT2D eigenvalue weighted by Crippen LogP contribution is -2.42. The third kappa shape index (κ3) is 4.27. The number of hydrogen-bond donors (Lipinski definition) is 0. The first-order chi connectivity index (χ1) is 12.6. The van der Waals surface area contributed by atoms with Gasteiger partial charge < -0.3 is 4.90 Å². The largest absolute Gasteiger partial charge is 0.418 e. The van der Waals surface area contributed by atoms with Gasteiger partial charge >= 0.3 is 6.18 Å². The van der Waals surface area contributed by atoms with Crippen molar-refractivity contribution in [1.82, 2.24) is 0 Å². The number of nitrogens with zero attached hydrogens (tertiary/aromatic N) is 1. The molecule has 1 unspecified atom stereocenters. The highest BCUT2D eigenvalue weighted by Gasteiger charge is 2.41. The summed E-state index contributed by atoms with van der Waals surface area (Å²) in [6.07, 6.45) is -4.61. The first-order valence-electron chi connectivity index (χ1n) is 8.04. The van der Waals surface area contributed by atoms with Crippen LogP contribution in [0.3, 0.4) is 0 Å². The van der Waals surface area contributed by atoms with E-state index in [0.29, 0.717) is 5.02 Å². The Labute approximate surface area is 159 Å². The van der Waals surface area contributed by atoms with Crippen LogP contribution in [0.4, 0.5) is 18.9 Å². The fourth-order valence-corrected chi connectivity index (χ4v) is 4.93. The summed E-state index contributed by atoms with van der Waals surface area (Å²) in [5.41, 5.74) is -1.22. The van der Waals surface area contributed by atoms with E-state index in [0.717, 1.165) is 11.0 Å². The molecular weight excluding hydrogens is 403 g/mol. The number of amides is 1. The predicted octanol–water partition coefficient (Wildman–Crippen LogP) is 4.19. The Morgan fingerprint density at radius 1 is 1.07 bits per heavy atom. The summed E-state index contributed by atoms with van der Waals surface area (Å²) in [4.78, 5) is 14.0. The van der Waals surface area contributed by atoms with E-state index in [2.05, 4.69) is 0 Å². The lowest BCUT2D eigenvalue weighted by molar-refractivity contribution is -0.137. The molecule has 1 fully saturated rings. The van der Waals surface area contributed by atoms with Gasteiger partial charge in [0.05, 0.1) is 28.8 Å². The zero-order chi connectivity index (χ0) is 19.8. The highest BCUT2D eigenvalue weighted by molar-refractivity contribution is 7.91. The van der Waals surface area contributed by atoms with Gasteiger partial charge in [0, 0.05) is 10.6 Å². The van der Waals surface area contributed by atoms with Crippen LogP contribution in [-0.4, -0.2) is 31.9 Å². The summed E-state index contributed by atoms with van der Waals surface area (Å²) >= 11 is 5.81. The number of sulfone groups is 1. The molecule has 0 aliphatic carbocycles. The van der Waals surface area contributed by atoms with Crippen molar-refractivity contribution in [1.29, 1.82) is 0 Å². The Morgan fingerprint density at radius 3 is 2.26 bits per heavy atom. The quantitative estimate of drug-likeness (QED) is 0.752. The third-order valence-electron chi connectivity index (χ3n) is 4.35. The van der Waals surface area contributed by atoms with Gasteiger partial charge in [-0.2, -0.15) is 13.2 Å². The normalized spacial score (nSPS) is 19.0. The molecule has 1 amide bonds. The minimum Gasteiger partial charge on any atom is -0.304 e. The average molecular weight is 418 g/mol. The van der Waals surface area contributed by atoms with Crippen molar-refractivity contribution < 1.29 is 26.4 Å². The van der Waals surface area contributed by atoms with Crippen molar-refractivity contribution in [2.24, 2.45) is 0 Å². The molecule has 4 nitrogen and oxygen atoms in total. The predicted molar refractivity (Wildman–Crippen MR) is 96.8 cm³/mol.